The summed E-state index contributed by atoms with van der Waals surface area (Å²) in [5, 5.41) is 3.71. The summed E-state index contributed by atoms with van der Waals surface area (Å²) in [6.45, 7) is 0. The van der Waals surface area contributed by atoms with Gasteiger partial charge in [0.25, 0.3) is 0 Å². The van der Waals surface area contributed by atoms with Gasteiger partial charge in [-0.25, -0.2) is 0 Å². The molecule has 0 amide bonds. The van der Waals surface area contributed by atoms with Crippen LogP contribution >= 0.6 is 0 Å². The molecule has 0 radical (unpaired) electrons. The van der Waals surface area contributed by atoms with Crippen LogP contribution in [0.25, 0.3) is 5.70 Å². The van der Waals surface area contributed by atoms with E-state index in [1.54, 1.807) is 0 Å². The van der Waals surface area contributed by atoms with E-state index in [1.807, 2.05) is 12.1 Å². The molecule has 0 fully saturated rings. The summed E-state index contributed by atoms with van der Waals surface area (Å²) in [5.41, 5.74) is 11.9. The zero-order chi connectivity index (χ0) is 30.5. The highest BCUT2D eigenvalue weighted by atomic mass is 16.5. The van der Waals surface area contributed by atoms with E-state index < -0.39 is 0 Å². The van der Waals surface area contributed by atoms with E-state index in [4.69, 9.17) is 9.73 Å². The largest absolute Gasteiger partial charge is 0.485 e. The Labute approximate surface area is 270 Å². The number of fused-ring (bicyclic) bond motifs is 5. The van der Waals surface area contributed by atoms with Crippen molar-refractivity contribution in [2.75, 3.05) is 4.90 Å². The van der Waals surface area contributed by atoms with Gasteiger partial charge < -0.3 is 15.0 Å². The Balaban J connectivity index is 1.06. The molecule has 224 valence electrons. The second-order valence-electron chi connectivity index (χ2n) is 12.6. The SMILES string of the molecule is C1=CCCC(C2Cc3ccc4c(c3O2)C2C=CC=CC2N4c2ccc(C3=CC(c4ccccc4)=NC(c4ccccc4)N3)cc2)=C1. The molecule has 5 aliphatic rings. The lowest BCUT2D eigenvalue weighted by atomic mass is 9.89. The number of anilines is 2. The summed E-state index contributed by atoms with van der Waals surface area (Å²) >= 11 is 0. The maximum atomic E-state index is 6.80. The average molecular weight is 598 g/mol. The third kappa shape index (κ3) is 4.64. The fraction of sp³-hybridized carbons (Fsp3) is 0.167. The van der Waals surface area contributed by atoms with Crippen LogP contribution in [0.5, 0.6) is 5.75 Å². The smallest absolute Gasteiger partial charge is 0.145 e. The normalized spacial score (nSPS) is 23.8. The van der Waals surface area contributed by atoms with Gasteiger partial charge in [0, 0.05) is 35.0 Å². The molecule has 0 saturated carbocycles. The van der Waals surface area contributed by atoms with Crippen molar-refractivity contribution in [2.45, 2.75) is 43.5 Å². The van der Waals surface area contributed by atoms with Gasteiger partial charge in [-0.05, 0) is 64.9 Å². The number of aliphatic imine (C=N–C) groups is 1. The third-order valence-electron chi connectivity index (χ3n) is 9.86. The molecule has 0 saturated heterocycles. The minimum Gasteiger partial charge on any atom is -0.485 e. The van der Waals surface area contributed by atoms with Gasteiger partial charge >= 0.3 is 0 Å². The first-order valence-electron chi connectivity index (χ1n) is 16.4. The van der Waals surface area contributed by atoms with Gasteiger partial charge in [-0.2, -0.15) is 0 Å². The number of hydrogen-bond acceptors (Lipinski definition) is 4. The highest BCUT2D eigenvalue weighted by molar-refractivity contribution is 6.13. The van der Waals surface area contributed by atoms with Crippen LogP contribution in [0, 0.1) is 0 Å². The molecule has 4 aromatic carbocycles. The molecule has 46 heavy (non-hydrogen) atoms. The van der Waals surface area contributed by atoms with Crippen LogP contribution in [-0.4, -0.2) is 17.9 Å². The number of hydrogen-bond donors (Lipinski definition) is 1. The molecule has 3 aliphatic heterocycles. The van der Waals surface area contributed by atoms with Gasteiger partial charge in [0.1, 0.15) is 18.0 Å². The monoisotopic (exact) mass is 597 g/mol. The summed E-state index contributed by atoms with van der Waals surface area (Å²) in [7, 11) is 0. The second kappa shape index (κ2) is 11.2. The second-order valence-corrected chi connectivity index (χ2v) is 12.6. The van der Waals surface area contributed by atoms with E-state index in [0.717, 1.165) is 53.1 Å². The van der Waals surface area contributed by atoms with E-state index in [1.165, 1.54) is 28.1 Å². The van der Waals surface area contributed by atoms with Gasteiger partial charge in [-0.15, -0.1) is 0 Å². The summed E-state index contributed by atoms with van der Waals surface area (Å²) in [6, 6.07) is 34.7. The molecule has 9 rings (SSSR count). The Morgan fingerprint density at radius 3 is 2.39 bits per heavy atom. The Morgan fingerprint density at radius 1 is 0.783 bits per heavy atom. The highest BCUT2D eigenvalue weighted by Gasteiger charge is 2.42. The van der Waals surface area contributed by atoms with Crippen molar-refractivity contribution in [3.63, 3.8) is 0 Å². The van der Waals surface area contributed by atoms with Crippen LogP contribution in [-0.2, 0) is 6.42 Å². The van der Waals surface area contributed by atoms with Crippen LogP contribution in [0.2, 0.25) is 0 Å². The van der Waals surface area contributed by atoms with Crippen molar-refractivity contribution in [2.24, 2.45) is 4.99 Å². The van der Waals surface area contributed by atoms with E-state index in [9.17, 15) is 0 Å². The number of allylic oxidation sites excluding steroid dienone is 6. The van der Waals surface area contributed by atoms with Crippen molar-refractivity contribution in [3.8, 4) is 5.75 Å². The predicted molar refractivity (Wildman–Crippen MR) is 188 cm³/mol. The van der Waals surface area contributed by atoms with Crippen LogP contribution in [0.1, 0.15) is 52.7 Å². The highest BCUT2D eigenvalue weighted by Crippen LogP contribution is 2.54. The first-order chi connectivity index (χ1) is 22.8. The van der Waals surface area contributed by atoms with Crippen LogP contribution in [0.4, 0.5) is 11.4 Å². The Hall–Kier alpha value is -5.35. The van der Waals surface area contributed by atoms with Crippen LogP contribution < -0.4 is 15.0 Å². The molecule has 4 nitrogen and oxygen atoms in total. The molecule has 3 heterocycles. The first kappa shape index (κ1) is 27.0. The lowest BCUT2D eigenvalue weighted by molar-refractivity contribution is 0.263. The van der Waals surface area contributed by atoms with Crippen LogP contribution in [0.15, 0.2) is 156 Å². The van der Waals surface area contributed by atoms with Crippen molar-refractivity contribution in [1.29, 1.82) is 0 Å². The molecular formula is C42H35N3O. The molecule has 1 N–H and O–H groups in total. The Bertz CT molecular complexity index is 1980. The molecule has 4 aromatic rings. The summed E-state index contributed by atoms with van der Waals surface area (Å²) in [6.07, 6.45) is 21.0. The zero-order valence-corrected chi connectivity index (χ0v) is 25.6. The maximum Gasteiger partial charge on any atom is 0.145 e. The summed E-state index contributed by atoms with van der Waals surface area (Å²) in [4.78, 5) is 7.60. The standard InChI is InChI=1S/C42H35N3O/c1-4-12-28(13-5-1)35-27-36(44-42(43-35)31-16-8-3-9-17-31)29-20-23-33(24-21-29)45-37-19-11-10-18-34(37)40-38(45)25-22-32-26-39(46-41(32)40)30-14-6-2-7-15-30/h1-6,8-14,16-25,27,34,37,39,42,44H,7,15,26H2. The first-order valence-corrected chi connectivity index (χ1v) is 16.4. The lowest BCUT2D eigenvalue weighted by Gasteiger charge is -2.29. The number of ether oxygens (including phenoxy) is 1. The van der Waals surface area contributed by atoms with Crippen LogP contribution in [0.3, 0.4) is 0 Å². The van der Waals surface area contributed by atoms with Gasteiger partial charge in [-0.1, -0.05) is 121 Å². The zero-order valence-electron chi connectivity index (χ0n) is 25.6. The van der Waals surface area contributed by atoms with Gasteiger partial charge in [-0.3, -0.25) is 4.99 Å². The third-order valence-corrected chi connectivity index (χ3v) is 9.86. The molecule has 4 unspecified atom stereocenters. The van der Waals surface area contributed by atoms with E-state index >= 15 is 0 Å². The Morgan fingerprint density at radius 2 is 1.59 bits per heavy atom. The maximum absolute atomic E-state index is 6.80. The van der Waals surface area contributed by atoms with Gasteiger partial charge in [0.15, 0.2) is 0 Å². The fourth-order valence-electron chi connectivity index (χ4n) is 7.59. The molecule has 0 aromatic heterocycles. The minimum atomic E-state index is -0.159. The Kier molecular flexibility index (Phi) is 6.59. The van der Waals surface area contributed by atoms with Crippen molar-refractivity contribution in [1.82, 2.24) is 5.32 Å². The lowest BCUT2D eigenvalue weighted by Crippen LogP contribution is -2.28. The van der Waals surface area contributed by atoms with E-state index in [2.05, 4.69) is 144 Å². The predicted octanol–water partition coefficient (Wildman–Crippen LogP) is 9.13. The minimum absolute atomic E-state index is 0.140. The quantitative estimate of drug-likeness (QED) is 0.249. The van der Waals surface area contributed by atoms with Crippen molar-refractivity contribution in [3.05, 3.63) is 179 Å². The molecule has 4 atom stereocenters. The summed E-state index contributed by atoms with van der Waals surface area (Å²) in [5.74, 6) is 1.36. The summed E-state index contributed by atoms with van der Waals surface area (Å²) < 4.78 is 6.80. The number of rotatable bonds is 5. The number of nitrogens with one attached hydrogen (secondary N) is 1. The van der Waals surface area contributed by atoms with Crippen molar-refractivity contribution < 1.29 is 4.74 Å². The fourth-order valence-corrected chi connectivity index (χ4v) is 7.59. The van der Waals surface area contributed by atoms with E-state index in [-0.39, 0.29) is 24.2 Å². The van der Waals surface area contributed by atoms with Crippen molar-refractivity contribution >= 4 is 22.8 Å². The van der Waals surface area contributed by atoms with Gasteiger partial charge in [0.2, 0.25) is 0 Å². The van der Waals surface area contributed by atoms with E-state index in [0.29, 0.717) is 0 Å². The average Bonchev–Trinajstić information content (AvgIpc) is 3.72. The van der Waals surface area contributed by atoms with Gasteiger partial charge in [0.05, 0.1) is 11.8 Å². The molecule has 2 aliphatic carbocycles. The number of benzene rings is 4. The number of nitrogens with zero attached hydrogens (tertiary/aromatic N) is 2. The molecule has 4 heteroatoms. The molecule has 0 spiro atoms. The topological polar surface area (TPSA) is 36.9 Å². The molecular weight excluding hydrogens is 562 g/mol. The molecule has 0 bridgehead atoms.